The number of carbonyl (C=O) groups is 1. The van der Waals surface area contributed by atoms with Crippen molar-refractivity contribution in [1.82, 2.24) is 15.2 Å². The van der Waals surface area contributed by atoms with Crippen molar-refractivity contribution in [3.05, 3.63) is 40.5 Å². The first-order chi connectivity index (χ1) is 8.58. The molecular formula is C9H7N5O4. The van der Waals surface area contributed by atoms with Crippen molar-refractivity contribution in [3.63, 3.8) is 0 Å². The van der Waals surface area contributed by atoms with Gasteiger partial charge in [0, 0.05) is 0 Å². The number of hydrogen-bond acceptors (Lipinski definition) is 6. The number of amides is 1. The van der Waals surface area contributed by atoms with E-state index in [1.807, 2.05) is 0 Å². The second-order valence-electron chi connectivity index (χ2n) is 3.25. The third kappa shape index (κ3) is 2.24. The predicted molar refractivity (Wildman–Crippen MR) is 59.1 cm³/mol. The number of rotatable bonds is 3. The number of benzene rings is 1. The van der Waals surface area contributed by atoms with Crippen LogP contribution >= 0.6 is 0 Å². The molecule has 2 rings (SSSR count). The maximum atomic E-state index is 11.6. The van der Waals surface area contributed by atoms with Gasteiger partial charge in [0.15, 0.2) is 0 Å². The lowest BCUT2D eigenvalue weighted by Crippen LogP contribution is -2.14. The Bertz CT molecular complexity index is 595. The van der Waals surface area contributed by atoms with E-state index in [9.17, 15) is 14.9 Å². The minimum absolute atomic E-state index is 0.0424. The van der Waals surface area contributed by atoms with E-state index in [0.29, 0.717) is 0 Å². The first kappa shape index (κ1) is 11.5. The molecule has 92 valence electrons. The van der Waals surface area contributed by atoms with Crippen molar-refractivity contribution in [2.24, 2.45) is 0 Å². The molecule has 1 heterocycles. The zero-order valence-corrected chi connectivity index (χ0v) is 8.82. The molecule has 0 bridgehead atoms. The number of nitro benzene ring substituents is 1. The monoisotopic (exact) mass is 249 g/mol. The number of nitrogens with one attached hydrogen (secondary N) is 2. The van der Waals surface area contributed by atoms with Gasteiger partial charge in [0.25, 0.3) is 11.6 Å². The van der Waals surface area contributed by atoms with Gasteiger partial charge in [-0.1, -0.05) is 0 Å². The van der Waals surface area contributed by atoms with Gasteiger partial charge in [0.1, 0.15) is 17.8 Å². The molecule has 0 aliphatic rings. The molecule has 18 heavy (non-hydrogen) atoms. The van der Waals surface area contributed by atoms with Crippen LogP contribution in [0.4, 0.5) is 11.4 Å². The fourth-order valence-corrected chi connectivity index (χ4v) is 1.27. The Morgan fingerprint density at radius 1 is 1.50 bits per heavy atom. The van der Waals surface area contributed by atoms with E-state index < -0.39 is 16.5 Å². The highest BCUT2D eigenvalue weighted by atomic mass is 16.6. The van der Waals surface area contributed by atoms with E-state index in [2.05, 4.69) is 20.5 Å². The van der Waals surface area contributed by atoms with Gasteiger partial charge < -0.3 is 10.4 Å². The Morgan fingerprint density at radius 2 is 2.28 bits per heavy atom. The van der Waals surface area contributed by atoms with Gasteiger partial charge in [-0.25, -0.2) is 4.98 Å². The Balaban J connectivity index is 2.29. The fourth-order valence-electron chi connectivity index (χ4n) is 1.27. The SMILES string of the molecule is O=C(Nc1ccc(O)cc1[N+](=O)[O-])c1ncn[nH]1. The van der Waals surface area contributed by atoms with Crippen LogP contribution in [0.5, 0.6) is 5.75 Å². The van der Waals surface area contributed by atoms with Crippen LogP contribution in [0.1, 0.15) is 10.6 Å². The van der Waals surface area contributed by atoms with Gasteiger partial charge in [0.2, 0.25) is 5.82 Å². The van der Waals surface area contributed by atoms with Crippen LogP contribution in [0.15, 0.2) is 24.5 Å². The highest BCUT2D eigenvalue weighted by Gasteiger charge is 2.18. The van der Waals surface area contributed by atoms with Crippen LogP contribution in [0.25, 0.3) is 0 Å². The standard InChI is InChI=1S/C9H7N5O4/c15-5-1-2-6(7(3-5)14(17)18)12-9(16)8-10-4-11-13-8/h1-4,15H,(H,12,16)(H,10,11,13). The van der Waals surface area contributed by atoms with Gasteiger partial charge in [-0.3, -0.25) is 20.0 Å². The topological polar surface area (TPSA) is 134 Å². The molecule has 1 amide bonds. The molecular weight excluding hydrogens is 242 g/mol. The smallest absolute Gasteiger partial charge is 0.296 e. The number of hydrogen-bond donors (Lipinski definition) is 3. The van der Waals surface area contributed by atoms with Gasteiger partial charge >= 0.3 is 0 Å². The molecule has 0 unspecified atom stereocenters. The fraction of sp³-hybridized carbons (Fsp3) is 0. The summed E-state index contributed by atoms with van der Waals surface area (Å²) in [6, 6.07) is 3.39. The molecule has 2 aromatic rings. The average Bonchev–Trinajstić information content (AvgIpc) is 2.84. The Labute approximate surface area is 99.6 Å². The minimum Gasteiger partial charge on any atom is -0.508 e. The van der Waals surface area contributed by atoms with Crippen LogP contribution in [-0.2, 0) is 0 Å². The molecule has 0 spiro atoms. The third-order valence-corrected chi connectivity index (χ3v) is 2.06. The molecule has 0 saturated heterocycles. The van der Waals surface area contributed by atoms with Crippen LogP contribution in [-0.4, -0.2) is 31.1 Å². The molecule has 0 atom stereocenters. The molecule has 0 saturated carbocycles. The van der Waals surface area contributed by atoms with Crippen molar-refractivity contribution in [2.75, 3.05) is 5.32 Å². The molecule has 9 heteroatoms. The zero-order valence-electron chi connectivity index (χ0n) is 8.82. The van der Waals surface area contributed by atoms with Gasteiger partial charge in [-0.05, 0) is 12.1 Å². The number of aromatic amines is 1. The Hall–Kier alpha value is -2.97. The molecule has 3 N–H and O–H groups in total. The number of anilines is 1. The first-order valence-corrected chi connectivity index (χ1v) is 4.72. The summed E-state index contributed by atoms with van der Waals surface area (Å²) in [5, 5.41) is 28.0. The van der Waals surface area contributed by atoms with Crippen LogP contribution in [0.2, 0.25) is 0 Å². The zero-order chi connectivity index (χ0) is 13.1. The number of nitro groups is 1. The van der Waals surface area contributed by atoms with Gasteiger partial charge in [-0.2, -0.15) is 5.10 Å². The number of aromatic nitrogens is 3. The van der Waals surface area contributed by atoms with E-state index in [-0.39, 0.29) is 17.3 Å². The normalized spacial score (nSPS) is 10.0. The number of phenolic OH excluding ortho intramolecular Hbond substituents is 1. The maximum absolute atomic E-state index is 11.6. The third-order valence-electron chi connectivity index (χ3n) is 2.06. The number of nitrogens with zero attached hydrogens (tertiary/aromatic N) is 3. The summed E-state index contributed by atoms with van der Waals surface area (Å²) in [6.45, 7) is 0. The summed E-state index contributed by atoms with van der Waals surface area (Å²) in [7, 11) is 0. The highest BCUT2D eigenvalue weighted by molar-refractivity contribution is 6.02. The molecule has 1 aromatic heterocycles. The Kier molecular flexibility index (Phi) is 2.87. The summed E-state index contributed by atoms with van der Waals surface area (Å²) in [6.07, 6.45) is 1.14. The van der Waals surface area contributed by atoms with Gasteiger partial charge in [-0.15, -0.1) is 0 Å². The Morgan fingerprint density at radius 3 is 2.89 bits per heavy atom. The predicted octanol–water partition coefficient (Wildman–Crippen LogP) is 0.671. The van der Waals surface area contributed by atoms with E-state index in [1.54, 1.807) is 0 Å². The number of carbonyl (C=O) groups excluding carboxylic acids is 1. The lowest BCUT2D eigenvalue weighted by atomic mass is 10.2. The number of aromatic hydroxyl groups is 1. The van der Waals surface area contributed by atoms with Crippen molar-refractivity contribution in [1.29, 1.82) is 0 Å². The molecule has 9 nitrogen and oxygen atoms in total. The second-order valence-corrected chi connectivity index (χ2v) is 3.25. The van der Waals surface area contributed by atoms with Crippen LogP contribution in [0, 0.1) is 10.1 Å². The van der Waals surface area contributed by atoms with E-state index in [1.165, 1.54) is 12.1 Å². The van der Waals surface area contributed by atoms with Crippen LogP contribution < -0.4 is 5.32 Å². The summed E-state index contributed by atoms with van der Waals surface area (Å²) >= 11 is 0. The van der Waals surface area contributed by atoms with Gasteiger partial charge in [0.05, 0.1) is 11.0 Å². The minimum atomic E-state index is -0.713. The summed E-state index contributed by atoms with van der Waals surface area (Å²) in [5.41, 5.74) is -0.456. The van der Waals surface area contributed by atoms with Crippen molar-refractivity contribution in [3.8, 4) is 5.75 Å². The number of H-pyrrole nitrogens is 1. The lowest BCUT2D eigenvalue weighted by molar-refractivity contribution is -0.384. The van der Waals surface area contributed by atoms with Crippen LogP contribution in [0.3, 0.4) is 0 Å². The molecule has 0 aliphatic carbocycles. The largest absolute Gasteiger partial charge is 0.508 e. The van der Waals surface area contributed by atoms with E-state index in [4.69, 9.17) is 5.11 Å². The summed E-state index contributed by atoms with van der Waals surface area (Å²) in [4.78, 5) is 25.2. The highest BCUT2D eigenvalue weighted by Crippen LogP contribution is 2.28. The molecule has 0 radical (unpaired) electrons. The average molecular weight is 249 g/mol. The summed E-state index contributed by atoms with van der Waals surface area (Å²) < 4.78 is 0. The molecule has 0 aliphatic heterocycles. The molecule has 0 fully saturated rings. The van der Waals surface area contributed by atoms with Crippen molar-refractivity contribution >= 4 is 17.3 Å². The van der Waals surface area contributed by atoms with E-state index >= 15 is 0 Å². The summed E-state index contributed by atoms with van der Waals surface area (Å²) in [5.74, 6) is -1.00. The number of phenols is 1. The maximum Gasteiger partial charge on any atom is 0.296 e. The lowest BCUT2D eigenvalue weighted by Gasteiger charge is -2.04. The molecule has 1 aromatic carbocycles. The van der Waals surface area contributed by atoms with Crippen molar-refractivity contribution < 1.29 is 14.8 Å². The quantitative estimate of drug-likeness (QED) is 0.415. The first-order valence-electron chi connectivity index (χ1n) is 4.72. The second kappa shape index (κ2) is 4.49. The van der Waals surface area contributed by atoms with Crippen molar-refractivity contribution in [2.45, 2.75) is 0 Å². The van der Waals surface area contributed by atoms with E-state index in [0.717, 1.165) is 12.4 Å².